The number of rotatable bonds is 3. The smallest absolute Gasteiger partial charge is 0.119 e. The fraction of sp³-hybridized carbons (Fsp3) is 0.600. The first-order valence-electron chi connectivity index (χ1n) is 6.59. The molecule has 0 radical (unpaired) electrons. The van der Waals surface area contributed by atoms with E-state index in [4.69, 9.17) is 4.74 Å². The molecule has 1 aromatic carbocycles. The van der Waals surface area contributed by atoms with E-state index in [1.807, 2.05) is 18.2 Å². The van der Waals surface area contributed by atoms with E-state index in [-0.39, 0.29) is 0 Å². The molecule has 2 heteroatoms. The van der Waals surface area contributed by atoms with Crippen LogP contribution in [0.15, 0.2) is 24.3 Å². The van der Waals surface area contributed by atoms with Crippen molar-refractivity contribution in [1.29, 1.82) is 0 Å². The second-order valence-corrected chi connectivity index (χ2v) is 5.52. The van der Waals surface area contributed by atoms with Crippen molar-refractivity contribution in [2.75, 3.05) is 7.11 Å². The molecule has 2 saturated carbocycles. The van der Waals surface area contributed by atoms with Crippen LogP contribution in [0.4, 0.5) is 0 Å². The molecule has 2 unspecified atom stereocenters. The average molecular weight is 232 g/mol. The molecule has 0 amide bonds. The molecule has 2 fully saturated rings. The Morgan fingerprint density at radius 3 is 2.65 bits per heavy atom. The zero-order valence-electron chi connectivity index (χ0n) is 10.4. The van der Waals surface area contributed by atoms with Gasteiger partial charge in [-0.1, -0.05) is 25.0 Å². The lowest BCUT2D eigenvalue weighted by Crippen LogP contribution is -2.16. The van der Waals surface area contributed by atoms with Crippen LogP contribution in [0.2, 0.25) is 0 Å². The Morgan fingerprint density at radius 2 is 2.00 bits per heavy atom. The highest BCUT2D eigenvalue weighted by atomic mass is 16.5. The van der Waals surface area contributed by atoms with Crippen molar-refractivity contribution in [2.24, 2.45) is 11.8 Å². The first-order valence-corrected chi connectivity index (χ1v) is 6.59. The van der Waals surface area contributed by atoms with Gasteiger partial charge in [-0.05, 0) is 42.4 Å². The molecule has 2 aliphatic rings. The molecule has 0 saturated heterocycles. The summed E-state index contributed by atoms with van der Waals surface area (Å²) < 4.78 is 5.23. The molecule has 0 bridgehead atoms. The zero-order chi connectivity index (χ0) is 11.9. The van der Waals surface area contributed by atoms with Gasteiger partial charge in [-0.2, -0.15) is 0 Å². The Bertz CT molecular complexity index is 401. The van der Waals surface area contributed by atoms with Crippen LogP contribution in [0.5, 0.6) is 5.75 Å². The Kier molecular flexibility index (Phi) is 2.62. The predicted octanol–water partition coefficient (Wildman–Crippen LogP) is 2.79. The van der Waals surface area contributed by atoms with E-state index in [0.29, 0.717) is 11.8 Å². The molecule has 0 aliphatic heterocycles. The van der Waals surface area contributed by atoms with Gasteiger partial charge in [0.2, 0.25) is 0 Å². The van der Waals surface area contributed by atoms with Crippen molar-refractivity contribution in [1.82, 2.24) is 0 Å². The van der Waals surface area contributed by atoms with Crippen molar-refractivity contribution in [3.63, 3.8) is 0 Å². The number of benzene rings is 1. The molecule has 0 heterocycles. The molecule has 0 spiro atoms. The summed E-state index contributed by atoms with van der Waals surface area (Å²) in [5.74, 6) is 2.00. The first kappa shape index (κ1) is 11.1. The maximum Gasteiger partial charge on any atom is 0.119 e. The minimum atomic E-state index is -0.414. The number of ether oxygens (including phenoxy) is 1. The summed E-state index contributed by atoms with van der Waals surface area (Å²) in [5.41, 5.74) is 0.782. The Labute approximate surface area is 103 Å². The number of aliphatic hydroxyl groups is 1. The van der Waals surface area contributed by atoms with Crippen molar-refractivity contribution in [3.05, 3.63) is 29.8 Å². The lowest BCUT2D eigenvalue weighted by atomic mass is 10.0. The normalized spacial score (nSPS) is 35.2. The molecule has 2 atom stereocenters. The molecule has 17 heavy (non-hydrogen) atoms. The fourth-order valence-electron chi connectivity index (χ4n) is 3.59. The Hall–Kier alpha value is -1.02. The van der Waals surface area contributed by atoms with Crippen molar-refractivity contribution in [2.45, 2.75) is 37.7 Å². The van der Waals surface area contributed by atoms with Crippen molar-refractivity contribution < 1.29 is 9.84 Å². The standard InChI is InChI=1S/C15H20O2/c1-17-12-6-4-5-11(9-12)10-15(16)13-7-2-3-8-14(13)15/h4-6,9,13-14,16H,2-3,7-8,10H2,1H3. The van der Waals surface area contributed by atoms with Crippen molar-refractivity contribution >= 4 is 0 Å². The van der Waals surface area contributed by atoms with Gasteiger partial charge in [0.05, 0.1) is 12.7 Å². The van der Waals surface area contributed by atoms with E-state index in [1.54, 1.807) is 7.11 Å². The molecule has 1 aromatic rings. The molecular weight excluding hydrogens is 212 g/mol. The minimum Gasteiger partial charge on any atom is -0.497 e. The number of hydrogen-bond acceptors (Lipinski definition) is 2. The molecular formula is C15H20O2. The highest BCUT2D eigenvalue weighted by Crippen LogP contribution is 2.59. The van der Waals surface area contributed by atoms with Gasteiger partial charge in [0, 0.05) is 6.42 Å². The summed E-state index contributed by atoms with van der Waals surface area (Å²) in [5, 5.41) is 10.7. The molecule has 0 aromatic heterocycles. The summed E-state index contributed by atoms with van der Waals surface area (Å²) in [4.78, 5) is 0. The second-order valence-electron chi connectivity index (χ2n) is 5.52. The quantitative estimate of drug-likeness (QED) is 0.868. The predicted molar refractivity (Wildman–Crippen MR) is 67.1 cm³/mol. The summed E-state index contributed by atoms with van der Waals surface area (Å²) in [7, 11) is 1.69. The van der Waals surface area contributed by atoms with Gasteiger partial charge in [-0.25, -0.2) is 0 Å². The largest absolute Gasteiger partial charge is 0.497 e. The van der Waals surface area contributed by atoms with Crippen LogP contribution in [-0.4, -0.2) is 17.8 Å². The summed E-state index contributed by atoms with van der Waals surface area (Å²) in [6, 6.07) is 8.09. The van der Waals surface area contributed by atoms with Crippen LogP contribution < -0.4 is 4.74 Å². The number of hydrogen-bond donors (Lipinski definition) is 1. The molecule has 3 rings (SSSR count). The topological polar surface area (TPSA) is 29.5 Å². The van der Waals surface area contributed by atoms with Gasteiger partial charge < -0.3 is 9.84 Å². The Balaban J connectivity index is 1.74. The fourth-order valence-corrected chi connectivity index (χ4v) is 3.59. The average Bonchev–Trinajstić information content (AvgIpc) is 2.95. The number of methoxy groups -OCH3 is 1. The maximum absolute atomic E-state index is 10.7. The maximum atomic E-state index is 10.7. The summed E-state index contributed by atoms with van der Waals surface area (Å²) in [6.45, 7) is 0. The van der Waals surface area contributed by atoms with Gasteiger partial charge in [0.15, 0.2) is 0 Å². The lowest BCUT2D eigenvalue weighted by Gasteiger charge is -2.11. The third-order valence-electron chi connectivity index (χ3n) is 4.56. The zero-order valence-corrected chi connectivity index (χ0v) is 10.4. The van der Waals surface area contributed by atoms with Crippen LogP contribution in [-0.2, 0) is 6.42 Å². The van der Waals surface area contributed by atoms with Gasteiger partial charge in [-0.3, -0.25) is 0 Å². The van der Waals surface area contributed by atoms with Crippen LogP contribution in [0.3, 0.4) is 0 Å². The molecule has 2 nitrogen and oxygen atoms in total. The molecule has 1 N–H and O–H groups in total. The van der Waals surface area contributed by atoms with E-state index in [9.17, 15) is 5.11 Å². The molecule has 2 aliphatic carbocycles. The van der Waals surface area contributed by atoms with Gasteiger partial charge >= 0.3 is 0 Å². The third-order valence-corrected chi connectivity index (χ3v) is 4.56. The second kappa shape index (κ2) is 4.02. The minimum absolute atomic E-state index is 0.414. The van der Waals surface area contributed by atoms with E-state index in [2.05, 4.69) is 6.07 Å². The van der Waals surface area contributed by atoms with E-state index in [0.717, 1.165) is 12.2 Å². The van der Waals surface area contributed by atoms with Crippen LogP contribution in [0, 0.1) is 11.8 Å². The SMILES string of the molecule is COc1cccc(CC2(O)C3CCCCC32)c1. The lowest BCUT2D eigenvalue weighted by molar-refractivity contribution is 0.119. The summed E-state index contributed by atoms with van der Waals surface area (Å²) in [6.07, 6.45) is 5.80. The van der Waals surface area contributed by atoms with Gasteiger partial charge in [0.1, 0.15) is 5.75 Å². The summed E-state index contributed by atoms with van der Waals surface area (Å²) >= 11 is 0. The van der Waals surface area contributed by atoms with Crippen LogP contribution >= 0.6 is 0 Å². The van der Waals surface area contributed by atoms with E-state index in [1.165, 1.54) is 31.2 Å². The van der Waals surface area contributed by atoms with Crippen molar-refractivity contribution in [3.8, 4) is 5.75 Å². The monoisotopic (exact) mass is 232 g/mol. The number of fused-ring (bicyclic) bond motifs is 1. The van der Waals surface area contributed by atoms with Crippen LogP contribution in [0.25, 0.3) is 0 Å². The Morgan fingerprint density at radius 1 is 1.29 bits per heavy atom. The van der Waals surface area contributed by atoms with Gasteiger partial charge in [0.25, 0.3) is 0 Å². The van der Waals surface area contributed by atoms with Crippen LogP contribution in [0.1, 0.15) is 31.2 Å². The highest BCUT2D eigenvalue weighted by Gasteiger charge is 2.63. The van der Waals surface area contributed by atoms with E-state index < -0.39 is 5.60 Å². The highest BCUT2D eigenvalue weighted by molar-refractivity contribution is 5.31. The third kappa shape index (κ3) is 1.85. The van der Waals surface area contributed by atoms with E-state index >= 15 is 0 Å². The molecule has 92 valence electrons. The van der Waals surface area contributed by atoms with Gasteiger partial charge in [-0.15, -0.1) is 0 Å². The first-order chi connectivity index (χ1) is 8.24.